The number of hydrogen-bond acceptors (Lipinski definition) is 5. The highest BCUT2D eigenvalue weighted by atomic mass is 16.5. The smallest absolute Gasteiger partial charge is 0.261 e. The van der Waals surface area contributed by atoms with Gasteiger partial charge >= 0.3 is 0 Å². The Kier molecular flexibility index (Phi) is 5.66. The fraction of sp³-hybridized carbons (Fsp3) is 0.167. The minimum absolute atomic E-state index is 0.197. The van der Waals surface area contributed by atoms with Gasteiger partial charge in [0, 0.05) is 24.2 Å². The third-order valence-electron chi connectivity index (χ3n) is 5.05. The summed E-state index contributed by atoms with van der Waals surface area (Å²) in [7, 11) is 1.60. The fourth-order valence-electron chi connectivity index (χ4n) is 3.47. The molecule has 4 rings (SSSR count). The molecule has 1 aliphatic heterocycles. The number of rotatable bonds is 6. The lowest BCUT2D eigenvalue weighted by molar-refractivity contribution is -0.129. The second-order valence-electron chi connectivity index (χ2n) is 6.99. The van der Waals surface area contributed by atoms with Gasteiger partial charge in [0.15, 0.2) is 0 Å². The first-order valence-electron chi connectivity index (χ1n) is 9.64. The van der Waals surface area contributed by atoms with Crippen LogP contribution in [0.25, 0.3) is 0 Å². The minimum atomic E-state index is -0.603. The van der Waals surface area contributed by atoms with Gasteiger partial charge in [-0.3, -0.25) is 24.5 Å². The molecule has 2 aromatic carbocycles. The van der Waals surface area contributed by atoms with Crippen molar-refractivity contribution >= 4 is 18.0 Å². The van der Waals surface area contributed by atoms with Crippen molar-refractivity contribution in [1.82, 2.24) is 9.88 Å². The molecule has 30 heavy (non-hydrogen) atoms. The summed E-state index contributed by atoms with van der Waals surface area (Å²) in [5.74, 6) is -0.442. The van der Waals surface area contributed by atoms with Gasteiger partial charge in [-0.2, -0.15) is 0 Å². The second-order valence-corrected chi connectivity index (χ2v) is 6.99. The molecule has 2 amide bonds. The van der Waals surface area contributed by atoms with Gasteiger partial charge in [-0.1, -0.05) is 36.4 Å². The van der Waals surface area contributed by atoms with Gasteiger partial charge in [-0.15, -0.1) is 0 Å². The average Bonchev–Trinajstić information content (AvgIpc) is 2.80. The van der Waals surface area contributed by atoms with Gasteiger partial charge in [-0.05, 0) is 41.0 Å². The molecule has 0 bridgehead atoms. The van der Waals surface area contributed by atoms with Crippen LogP contribution in [0.15, 0.2) is 78.0 Å². The zero-order valence-electron chi connectivity index (χ0n) is 16.6. The van der Waals surface area contributed by atoms with Crippen LogP contribution >= 0.6 is 0 Å². The van der Waals surface area contributed by atoms with E-state index >= 15 is 0 Å². The average molecular weight is 399 g/mol. The molecule has 0 aliphatic carbocycles. The SMILES string of the molecule is COc1ccc(CN2C(=O)c3ccccc3[C@@H](C=NCc3cccnc3)C2=O)cc1. The van der Waals surface area contributed by atoms with Crippen molar-refractivity contribution in [2.24, 2.45) is 4.99 Å². The summed E-state index contributed by atoms with van der Waals surface area (Å²) in [5, 5.41) is 0. The first kappa shape index (κ1) is 19.5. The fourth-order valence-corrected chi connectivity index (χ4v) is 3.47. The molecule has 6 nitrogen and oxygen atoms in total. The van der Waals surface area contributed by atoms with Gasteiger partial charge in [0.1, 0.15) is 5.75 Å². The maximum Gasteiger partial charge on any atom is 0.261 e. The van der Waals surface area contributed by atoms with Crippen LogP contribution in [0, 0.1) is 0 Å². The number of fused-ring (bicyclic) bond motifs is 1. The number of amides is 2. The lowest BCUT2D eigenvalue weighted by Gasteiger charge is -2.31. The van der Waals surface area contributed by atoms with E-state index in [2.05, 4.69) is 9.98 Å². The second kappa shape index (κ2) is 8.69. The van der Waals surface area contributed by atoms with E-state index < -0.39 is 5.92 Å². The number of benzene rings is 2. The number of pyridine rings is 1. The monoisotopic (exact) mass is 399 g/mol. The Hall–Kier alpha value is -3.80. The first-order chi connectivity index (χ1) is 14.7. The standard InChI is InChI=1S/C24H21N3O3/c1-30-19-10-8-17(9-11-19)16-27-23(28)21-7-3-2-6-20(21)22(24(27)29)15-26-14-18-5-4-12-25-13-18/h2-13,15,22H,14,16H2,1H3/t22-/m1/s1. The summed E-state index contributed by atoms with van der Waals surface area (Å²) in [6.07, 6.45) is 5.09. The number of carbonyl (C=O) groups is 2. The van der Waals surface area contributed by atoms with E-state index in [1.54, 1.807) is 31.8 Å². The van der Waals surface area contributed by atoms with Crippen LogP contribution in [-0.4, -0.2) is 35.0 Å². The predicted molar refractivity (Wildman–Crippen MR) is 113 cm³/mol. The van der Waals surface area contributed by atoms with Crippen molar-refractivity contribution in [3.63, 3.8) is 0 Å². The maximum absolute atomic E-state index is 13.2. The molecule has 0 unspecified atom stereocenters. The van der Waals surface area contributed by atoms with Gasteiger partial charge in [0.05, 0.1) is 26.1 Å². The first-order valence-corrected chi connectivity index (χ1v) is 9.64. The van der Waals surface area contributed by atoms with Crippen LogP contribution in [0.5, 0.6) is 5.75 Å². The van der Waals surface area contributed by atoms with E-state index in [0.717, 1.165) is 16.9 Å². The van der Waals surface area contributed by atoms with Crippen LogP contribution < -0.4 is 4.74 Å². The lowest BCUT2D eigenvalue weighted by Crippen LogP contribution is -2.44. The number of imide groups is 1. The predicted octanol–water partition coefficient (Wildman–Crippen LogP) is 3.63. The van der Waals surface area contributed by atoms with E-state index in [0.29, 0.717) is 17.7 Å². The van der Waals surface area contributed by atoms with E-state index in [1.165, 1.54) is 4.90 Å². The summed E-state index contributed by atoms with van der Waals surface area (Å²) in [4.78, 5) is 36.1. The van der Waals surface area contributed by atoms with Crippen LogP contribution in [0.2, 0.25) is 0 Å². The largest absolute Gasteiger partial charge is 0.497 e. The number of aromatic nitrogens is 1. The van der Waals surface area contributed by atoms with Crippen LogP contribution in [0.1, 0.15) is 33.0 Å². The normalized spacial score (nSPS) is 16.0. The molecular weight excluding hydrogens is 378 g/mol. The molecule has 1 aliphatic rings. The Labute approximate surface area is 174 Å². The van der Waals surface area contributed by atoms with Gasteiger partial charge in [-0.25, -0.2) is 0 Å². The highest BCUT2D eigenvalue weighted by Gasteiger charge is 2.37. The molecule has 0 saturated carbocycles. The number of aliphatic imine (C=N–C) groups is 1. The van der Waals surface area contributed by atoms with Crippen molar-refractivity contribution in [2.45, 2.75) is 19.0 Å². The number of nitrogens with zero attached hydrogens (tertiary/aromatic N) is 3. The topological polar surface area (TPSA) is 71.9 Å². The van der Waals surface area contributed by atoms with Crippen LogP contribution in [0.3, 0.4) is 0 Å². The highest BCUT2D eigenvalue weighted by molar-refractivity contribution is 6.16. The third-order valence-corrected chi connectivity index (χ3v) is 5.05. The molecule has 0 saturated heterocycles. The summed E-state index contributed by atoms with van der Waals surface area (Å²) in [6, 6.07) is 18.3. The Morgan fingerprint density at radius 1 is 1.03 bits per heavy atom. The summed E-state index contributed by atoms with van der Waals surface area (Å²) in [5.41, 5.74) is 3.02. The minimum Gasteiger partial charge on any atom is -0.497 e. The molecule has 0 N–H and O–H groups in total. The molecular formula is C24H21N3O3. The Morgan fingerprint density at radius 3 is 2.57 bits per heavy atom. The van der Waals surface area contributed by atoms with Crippen molar-refractivity contribution in [3.05, 3.63) is 95.3 Å². The Bertz CT molecular complexity index is 1080. The number of hydrogen-bond donors (Lipinski definition) is 0. The zero-order valence-corrected chi connectivity index (χ0v) is 16.6. The van der Waals surface area contributed by atoms with Crippen molar-refractivity contribution in [2.75, 3.05) is 7.11 Å². The van der Waals surface area contributed by atoms with E-state index in [-0.39, 0.29) is 18.4 Å². The summed E-state index contributed by atoms with van der Waals surface area (Å²) >= 11 is 0. The molecule has 1 aromatic heterocycles. The lowest BCUT2D eigenvalue weighted by atomic mass is 9.89. The van der Waals surface area contributed by atoms with E-state index in [1.807, 2.05) is 54.6 Å². The van der Waals surface area contributed by atoms with E-state index in [4.69, 9.17) is 4.74 Å². The molecule has 150 valence electrons. The zero-order chi connectivity index (χ0) is 20.9. The van der Waals surface area contributed by atoms with Crippen molar-refractivity contribution in [3.8, 4) is 5.75 Å². The molecule has 3 aromatic rings. The Morgan fingerprint density at radius 2 is 1.83 bits per heavy atom. The summed E-state index contributed by atoms with van der Waals surface area (Å²) < 4.78 is 5.18. The van der Waals surface area contributed by atoms with Crippen LogP contribution in [0.4, 0.5) is 0 Å². The highest BCUT2D eigenvalue weighted by Crippen LogP contribution is 2.29. The molecule has 1 atom stereocenters. The molecule has 0 fully saturated rings. The van der Waals surface area contributed by atoms with Crippen LogP contribution in [-0.2, 0) is 17.9 Å². The Balaban J connectivity index is 1.61. The number of methoxy groups -OCH3 is 1. The van der Waals surface area contributed by atoms with Crippen molar-refractivity contribution in [1.29, 1.82) is 0 Å². The maximum atomic E-state index is 13.2. The van der Waals surface area contributed by atoms with Gasteiger partial charge in [0.2, 0.25) is 5.91 Å². The molecule has 2 heterocycles. The third kappa shape index (κ3) is 3.98. The molecule has 0 spiro atoms. The van der Waals surface area contributed by atoms with Gasteiger partial charge < -0.3 is 4.74 Å². The number of carbonyl (C=O) groups excluding carboxylic acids is 2. The quantitative estimate of drug-likeness (QED) is 0.469. The summed E-state index contributed by atoms with van der Waals surface area (Å²) in [6.45, 7) is 0.620. The molecule has 6 heteroatoms. The van der Waals surface area contributed by atoms with Crippen molar-refractivity contribution < 1.29 is 14.3 Å². The number of ether oxygens (including phenoxy) is 1. The molecule has 0 radical (unpaired) electrons. The van der Waals surface area contributed by atoms with Gasteiger partial charge in [0.25, 0.3) is 5.91 Å². The van der Waals surface area contributed by atoms with E-state index in [9.17, 15) is 9.59 Å².